The molecule has 0 aliphatic rings. The lowest BCUT2D eigenvalue weighted by Crippen LogP contribution is -2.53. The van der Waals surface area contributed by atoms with Crippen molar-refractivity contribution in [1.29, 1.82) is 0 Å². The number of halogens is 4. The molecule has 2 amide bonds. The van der Waals surface area contributed by atoms with Gasteiger partial charge in [-0.1, -0.05) is 114 Å². The van der Waals surface area contributed by atoms with Crippen LogP contribution in [0.25, 0.3) is 0 Å². The number of carbonyl (C=O) groups excluding carboxylic acids is 2. The van der Waals surface area contributed by atoms with E-state index < -0.39 is 28.5 Å². The van der Waals surface area contributed by atoms with Gasteiger partial charge in [-0.15, -0.1) is 0 Å². The minimum Gasteiger partial charge on any atom is -0.354 e. The van der Waals surface area contributed by atoms with Crippen molar-refractivity contribution >= 4 is 73.9 Å². The van der Waals surface area contributed by atoms with Crippen LogP contribution in [0.5, 0.6) is 0 Å². The van der Waals surface area contributed by atoms with Crippen LogP contribution >= 0.6 is 46.4 Å². The zero-order valence-electron chi connectivity index (χ0n) is 25.0. The molecule has 12 heteroatoms. The normalized spacial score (nSPS) is 11.9. The molecule has 242 valence electrons. The van der Waals surface area contributed by atoms with Crippen LogP contribution in [-0.2, 0) is 32.6 Å². The smallest absolute Gasteiger partial charge is 0.264 e. The number of hydrogen-bond donors (Lipinski definition) is 1. The van der Waals surface area contributed by atoms with Gasteiger partial charge in [0.2, 0.25) is 11.8 Å². The molecule has 1 N–H and O–H groups in total. The third-order valence-electron chi connectivity index (χ3n) is 7.24. The number of anilines is 1. The molecule has 0 fully saturated rings. The van der Waals surface area contributed by atoms with Crippen LogP contribution in [0.15, 0.2) is 102 Å². The molecule has 46 heavy (non-hydrogen) atoms. The molecule has 0 aliphatic heterocycles. The number of nitrogens with one attached hydrogen (secondary N) is 1. The summed E-state index contributed by atoms with van der Waals surface area (Å²) in [6.07, 6.45) is 1.77. The molecule has 0 aromatic heterocycles. The molecule has 0 spiro atoms. The molecule has 0 heterocycles. The Hall–Kier alpha value is -3.27. The van der Waals surface area contributed by atoms with Gasteiger partial charge < -0.3 is 10.2 Å². The number of unbranched alkanes of at least 4 members (excludes halogenated alkanes) is 1. The van der Waals surface area contributed by atoms with Gasteiger partial charge in [0.15, 0.2) is 0 Å². The number of hydrogen-bond acceptors (Lipinski definition) is 4. The number of nitrogens with zero attached hydrogens (tertiary/aromatic N) is 2. The Balaban J connectivity index is 1.83. The number of carbonyl (C=O) groups is 2. The van der Waals surface area contributed by atoms with Crippen LogP contribution in [0, 0.1) is 0 Å². The van der Waals surface area contributed by atoms with E-state index >= 15 is 0 Å². The molecular formula is C34H33Cl4N3O4S. The van der Waals surface area contributed by atoms with Gasteiger partial charge in [-0.2, -0.15) is 0 Å². The van der Waals surface area contributed by atoms with Crippen molar-refractivity contribution in [1.82, 2.24) is 10.2 Å². The first-order chi connectivity index (χ1) is 22.0. The highest BCUT2D eigenvalue weighted by Gasteiger charge is 2.35. The van der Waals surface area contributed by atoms with Crippen molar-refractivity contribution in [3.05, 3.63) is 128 Å². The van der Waals surface area contributed by atoms with Crippen molar-refractivity contribution in [2.45, 2.75) is 43.7 Å². The molecule has 0 saturated carbocycles. The van der Waals surface area contributed by atoms with Crippen molar-refractivity contribution in [2.24, 2.45) is 0 Å². The highest BCUT2D eigenvalue weighted by molar-refractivity contribution is 7.92. The summed E-state index contributed by atoms with van der Waals surface area (Å²) < 4.78 is 29.1. The Labute approximate surface area is 290 Å². The topological polar surface area (TPSA) is 86.8 Å². The van der Waals surface area contributed by atoms with E-state index in [-0.39, 0.29) is 39.5 Å². The summed E-state index contributed by atoms with van der Waals surface area (Å²) in [6.45, 7) is 1.64. The number of sulfonamides is 1. The summed E-state index contributed by atoms with van der Waals surface area (Å²) in [5.74, 6) is -1.04. The van der Waals surface area contributed by atoms with E-state index in [4.69, 9.17) is 46.4 Å². The Kier molecular flexibility index (Phi) is 12.8. The second kappa shape index (κ2) is 16.5. The number of rotatable bonds is 14. The van der Waals surface area contributed by atoms with Crippen LogP contribution in [-0.4, -0.2) is 44.3 Å². The average Bonchev–Trinajstić information content (AvgIpc) is 3.04. The van der Waals surface area contributed by atoms with Gasteiger partial charge in [-0.05, 0) is 60.0 Å². The fourth-order valence-electron chi connectivity index (χ4n) is 4.80. The maximum atomic E-state index is 14.5. The van der Waals surface area contributed by atoms with Crippen molar-refractivity contribution in [3.8, 4) is 0 Å². The quantitative estimate of drug-likeness (QED) is 0.134. The van der Waals surface area contributed by atoms with Crippen molar-refractivity contribution < 1.29 is 18.0 Å². The molecule has 0 radical (unpaired) electrons. The monoisotopic (exact) mass is 719 g/mol. The van der Waals surface area contributed by atoms with E-state index in [0.29, 0.717) is 22.2 Å². The molecule has 0 saturated heterocycles. The molecule has 4 rings (SSSR count). The van der Waals surface area contributed by atoms with Crippen LogP contribution in [0.3, 0.4) is 0 Å². The third-order valence-corrected chi connectivity index (χ3v) is 10.2. The van der Waals surface area contributed by atoms with Crippen molar-refractivity contribution in [2.75, 3.05) is 17.4 Å². The average molecular weight is 722 g/mol. The summed E-state index contributed by atoms with van der Waals surface area (Å²) >= 11 is 25.5. The predicted molar refractivity (Wildman–Crippen MR) is 186 cm³/mol. The fourth-order valence-corrected chi connectivity index (χ4v) is 7.15. The Morgan fingerprint density at radius 3 is 2.09 bits per heavy atom. The van der Waals surface area contributed by atoms with Gasteiger partial charge in [0.05, 0.1) is 15.6 Å². The SMILES string of the molecule is CCCCNC(=O)[C@H](Cc1ccccc1)N(Cc1ccc(Cl)cc1Cl)C(=O)CN(c1cc(Cl)ccc1Cl)S(=O)(=O)c1ccccc1. The van der Waals surface area contributed by atoms with Crippen LogP contribution in [0.2, 0.25) is 20.1 Å². The minimum atomic E-state index is -4.33. The zero-order valence-corrected chi connectivity index (χ0v) is 28.8. The fraction of sp³-hybridized carbons (Fsp3) is 0.235. The van der Waals surface area contributed by atoms with Gasteiger partial charge in [0, 0.05) is 34.6 Å². The van der Waals surface area contributed by atoms with E-state index in [1.54, 1.807) is 36.4 Å². The van der Waals surface area contributed by atoms with E-state index in [1.807, 2.05) is 37.3 Å². The van der Waals surface area contributed by atoms with Gasteiger partial charge in [0.25, 0.3) is 10.0 Å². The maximum absolute atomic E-state index is 14.5. The number of amides is 2. The molecule has 0 aliphatic carbocycles. The molecule has 7 nitrogen and oxygen atoms in total. The zero-order chi connectivity index (χ0) is 33.3. The molecule has 4 aromatic rings. The molecule has 0 unspecified atom stereocenters. The maximum Gasteiger partial charge on any atom is 0.264 e. The summed E-state index contributed by atoms with van der Waals surface area (Å²) in [4.78, 5) is 29.7. The predicted octanol–water partition coefficient (Wildman–Crippen LogP) is 8.05. The highest BCUT2D eigenvalue weighted by Crippen LogP contribution is 2.33. The second-order valence-electron chi connectivity index (χ2n) is 10.5. The van der Waals surface area contributed by atoms with Crippen LogP contribution < -0.4 is 9.62 Å². The lowest BCUT2D eigenvalue weighted by atomic mass is 10.0. The van der Waals surface area contributed by atoms with E-state index in [9.17, 15) is 18.0 Å². The standard InChI is InChI=1S/C34H33Cl4N3O4S/c1-2-3-18-39-34(43)32(19-24-10-6-4-7-11-24)40(22-25-14-15-26(35)20-30(25)38)33(42)23-41(31-21-27(36)16-17-29(31)37)46(44,45)28-12-8-5-9-13-28/h4-17,20-21,32H,2-3,18-19,22-23H2,1H3,(H,39,43)/t32-/m0/s1. The molecule has 4 aromatic carbocycles. The van der Waals surface area contributed by atoms with Gasteiger partial charge in [-0.3, -0.25) is 13.9 Å². The summed E-state index contributed by atoms with van der Waals surface area (Å²) in [5, 5.41) is 3.94. The summed E-state index contributed by atoms with van der Waals surface area (Å²) in [5.41, 5.74) is 1.35. The highest BCUT2D eigenvalue weighted by atomic mass is 35.5. The molecular weight excluding hydrogens is 688 g/mol. The first-order valence-corrected chi connectivity index (χ1v) is 17.5. The lowest BCUT2D eigenvalue weighted by molar-refractivity contribution is -0.140. The first-order valence-electron chi connectivity index (χ1n) is 14.6. The van der Waals surface area contributed by atoms with Gasteiger partial charge in [-0.25, -0.2) is 8.42 Å². The summed E-state index contributed by atoms with van der Waals surface area (Å²) in [7, 11) is -4.33. The van der Waals surface area contributed by atoms with Crippen LogP contribution in [0.4, 0.5) is 5.69 Å². The Morgan fingerprint density at radius 1 is 0.804 bits per heavy atom. The van der Waals surface area contributed by atoms with E-state index in [1.165, 1.54) is 35.2 Å². The molecule has 1 atom stereocenters. The largest absolute Gasteiger partial charge is 0.354 e. The number of benzene rings is 4. The lowest BCUT2D eigenvalue weighted by Gasteiger charge is -2.34. The first kappa shape index (κ1) is 35.6. The van der Waals surface area contributed by atoms with E-state index in [2.05, 4.69) is 5.32 Å². The van der Waals surface area contributed by atoms with Gasteiger partial charge in [0.1, 0.15) is 12.6 Å². The van der Waals surface area contributed by atoms with Crippen molar-refractivity contribution in [3.63, 3.8) is 0 Å². The third kappa shape index (κ3) is 9.17. The summed E-state index contributed by atoms with van der Waals surface area (Å²) in [6, 6.07) is 25.2. The molecule has 0 bridgehead atoms. The van der Waals surface area contributed by atoms with Crippen LogP contribution in [0.1, 0.15) is 30.9 Å². The Morgan fingerprint density at radius 2 is 1.43 bits per heavy atom. The van der Waals surface area contributed by atoms with Gasteiger partial charge >= 0.3 is 0 Å². The minimum absolute atomic E-state index is 0.0165. The Bertz CT molecular complexity index is 1760. The second-order valence-corrected chi connectivity index (χ2v) is 14.1. The van der Waals surface area contributed by atoms with E-state index in [0.717, 1.165) is 22.7 Å².